The van der Waals surface area contributed by atoms with Gasteiger partial charge in [-0.3, -0.25) is 9.52 Å². The summed E-state index contributed by atoms with van der Waals surface area (Å²) in [5.74, 6) is -0.0363. The van der Waals surface area contributed by atoms with Crippen LogP contribution in [-0.4, -0.2) is 45.7 Å². The molecule has 0 radical (unpaired) electrons. The van der Waals surface area contributed by atoms with Gasteiger partial charge in [-0.1, -0.05) is 0 Å². The Morgan fingerprint density at radius 2 is 1.74 bits per heavy atom. The Bertz CT molecular complexity index is 1200. The summed E-state index contributed by atoms with van der Waals surface area (Å²) in [6.07, 6.45) is 1.64. The fraction of sp³-hybridized carbons (Fsp3) is 0.150. The van der Waals surface area contributed by atoms with Gasteiger partial charge in [-0.2, -0.15) is 5.10 Å². The molecule has 0 saturated carbocycles. The first kappa shape index (κ1) is 21.8. The van der Waals surface area contributed by atoms with Crippen LogP contribution in [-0.2, 0) is 10.0 Å². The Hall–Kier alpha value is -3.86. The number of rotatable bonds is 8. The molecule has 1 heterocycles. The fourth-order valence-electron chi connectivity index (χ4n) is 2.69. The highest BCUT2D eigenvalue weighted by Gasteiger charge is 2.19. The predicted molar refractivity (Wildman–Crippen MR) is 118 cm³/mol. The van der Waals surface area contributed by atoms with Crippen molar-refractivity contribution in [3.8, 4) is 5.75 Å². The van der Waals surface area contributed by atoms with E-state index in [0.717, 1.165) is 5.69 Å². The molecule has 3 rings (SSSR count). The standard InChI is InChI=1S/C20H22N6O4S/c1-26(2)15-10-19(24-22-12-15)23-13-4-6-14(7-5-13)25-31(28,29)16-8-9-18(30-3)17(11-16)20(21)27/h4-12,25H,1-3H3,(H2,21,27)(H,23,24). The third-order valence-corrected chi connectivity index (χ3v) is 5.69. The number of carbonyl (C=O) groups excluding carboxylic acids is 1. The third kappa shape index (κ3) is 5.20. The van der Waals surface area contributed by atoms with E-state index < -0.39 is 15.9 Å². The van der Waals surface area contributed by atoms with Gasteiger partial charge in [0.2, 0.25) is 0 Å². The van der Waals surface area contributed by atoms with Crippen LogP contribution in [0.3, 0.4) is 0 Å². The van der Waals surface area contributed by atoms with Crippen molar-refractivity contribution in [2.24, 2.45) is 5.73 Å². The molecule has 3 aromatic rings. The smallest absolute Gasteiger partial charge is 0.261 e. The Kier molecular flexibility index (Phi) is 6.25. The molecule has 0 saturated heterocycles. The predicted octanol–water partition coefficient (Wildman–Crippen LogP) is 2.19. The van der Waals surface area contributed by atoms with Gasteiger partial charge >= 0.3 is 0 Å². The minimum atomic E-state index is -3.94. The Morgan fingerprint density at radius 1 is 1.06 bits per heavy atom. The van der Waals surface area contributed by atoms with E-state index in [1.165, 1.54) is 25.3 Å². The summed E-state index contributed by atoms with van der Waals surface area (Å²) < 4.78 is 32.9. The molecular formula is C20H22N6O4S. The van der Waals surface area contributed by atoms with Crippen molar-refractivity contribution >= 4 is 38.8 Å². The highest BCUT2D eigenvalue weighted by atomic mass is 32.2. The maximum atomic E-state index is 12.7. The molecule has 0 unspecified atom stereocenters. The van der Waals surface area contributed by atoms with E-state index in [1.54, 1.807) is 30.5 Å². The highest BCUT2D eigenvalue weighted by Crippen LogP contribution is 2.25. The summed E-state index contributed by atoms with van der Waals surface area (Å²) in [6, 6.07) is 12.3. The molecule has 0 aliphatic carbocycles. The zero-order valence-electron chi connectivity index (χ0n) is 17.2. The Morgan fingerprint density at radius 3 is 2.35 bits per heavy atom. The van der Waals surface area contributed by atoms with Gasteiger partial charge in [0.1, 0.15) is 5.75 Å². The number of anilines is 4. The number of nitrogens with one attached hydrogen (secondary N) is 2. The number of amides is 1. The number of methoxy groups -OCH3 is 1. The quantitative estimate of drug-likeness (QED) is 0.482. The van der Waals surface area contributed by atoms with Crippen molar-refractivity contribution in [3.05, 3.63) is 60.3 Å². The van der Waals surface area contributed by atoms with Crippen LogP contribution < -0.4 is 25.4 Å². The van der Waals surface area contributed by atoms with Crippen LogP contribution in [0.1, 0.15) is 10.4 Å². The molecule has 0 bridgehead atoms. The molecule has 0 spiro atoms. The summed E-state index contributed by atoms with van der Waals surface area (Å²) in [5, 5.41) is 11.1. The van der Waals surface area contributed by atoms with E-state index in [-0.39, 0.29) is 16.2 Å². The summed E-state index contributed by atoms with van der Waals surface area (Å²) in [6.45, 7) is 0. The lowest BCUT2D eigenvalue weighted by Crippen LogP contribution is -2.16. The van der Waals surface area contributed by atoms with Crippen LogP contribution in [0.4, 0.5) is 22.9 Å². The number of nitrogens with zero attached hydrogens (tertiary/aromatic N) is 3. The minimum absolute atomic E-state index is 0.0222. The van der Waals surface area contributed by atoms with Gasteiger partial charge in [0.25, 0.3) is 15.9 Å². The van der Waals surface area contributed by atoms with Crippen LogP contribution in [0, 0.1) is 0 Å². The summed E-state index contributed by atoms with van der Waals surface area (Å²) in [7, 11) is 1.22. The number of nitrogens with two attached hydrogens (primary N) is 1. The van der Waals surface area contributed by atoms with Crippen molar-refractivity contribution in [2.75, 3.05) is 36.1 Å². The molecule has 0 atom stereocenters. The number of hydrogen-bond acceptors (Lipinski definition) is 8. The van der Waals surface area contributed by atoms with Crippen LogP contribution in [0.5, 0.6) is 5.75 Å². The molecule has 1 aromatic heterocycles. The first-order valence-electron chi connectivity index (χ1n) is 9.07. The number of primary amides is 1. The highest BCUT2D eigenvalue weighted by molar-refractivity contribution is 7.92. The molecule has 0 aliphatic heterocycles. The number of ether oxygens (including phenoxy) is 1. The number of aromatic nitrogens is 2. The number of carbonyl (C=O) groups is 1. The molecule has 162 valence electrons. The normalized spacial score (nSPS) is 10.9. The average Bonchev–Trinajstić information content (AvgIpc) is 2.74. The molecule has 10 nitrogen and oxygen atoms in total. The average molecular weight is 443 g/mol. The zero-order chi connectivity index (χ0) is 22.6. The summed E-state index contributed by atoms with van der Waals surface area (Å²) >= 11 is 0. The lowest BCUT2D eigenvalue weighted by atomic mass is 10.2. The SMILES string of the molecule is COc1ccc(S(=O)(=O)Nc2ccc(Nc3cc(N(C)C)cnn3)cc2)cc1C(N)=O. The zero-order valence-corrected chi connectivity index (χ0v) is 18.0. The van der Waals surface area contributed by atoms with Gasteiger partial charge in [0, 0.05) is 31.5 Å². The van der Waals surface area contributed by atoms with E-state index in [4.69, 9.17) is 10.5 Å². The topological polar surface area (TPSA) is 140 Å². The first-order valence-corrected chi connectivity index (χ1v) is 10.6. The van der Waals surface area contributed by atoms with Gasteiger partial charge in [-0.15, -0.1) is 5.10 Å². The van der Waals surface area contributed by atoms with Gasteiger partial charge < -0.3 is 20.7 Å². The molecule has 1 amide bonds. The van der Waals surface area contributed by atoms with Crippen molar-refractivity contribution in [1.82, 2.24) is 10.2 Å². The van der Waals surface area contributed by atoms with E-state index in [1.807, 2.05) is 25.1 Å². The maximum Gasteiger partial charge on any atom is 0.261 e. The second-order valence-electron chi connectivity index (χ2n) is 6.73. The van der Waals surface area contributed by atoms with Crippen molar-refractivity contribution in [3.63, 3.8) is 0 Å². The molecule has 2 aromatic carbocycles. The van der Waals surface area contributed by atoms with Gasteiger partial charge in [-0.05, 0) is 42.5 Å². The fourth-order valence-corrected chi connectivity index (χ4v) is 3.78. The van der Waals surface area contributed by atoms with E-state index in [9.17, 15) is 13.2 Å². The molecular weight excluding hydrogens is 420 g/mol. The summed E-state index contributed by atoms with van der Waals surface area (Å²) in [4.78, 5) is 13.4. The van der Waals surface area contributed by atoms with Gasteiger partial charge in [0.15, 0.2) is 5.82 Å². The molecule has 4 N–H and O–H groups in total. The monoisotopic (exact) mass is 442 g/mol. The molecule has 31 heavy (non-hydrogen) atoms. The molecule has 0 aliphatic rings. The number of sulfonamides is 1. The van der Waals surface area contributed by atoms with E-state index in [0.29, 0.717) is 17.2 Å². The summed E-state index contributed by atoms with van der Waals surface area (Å²) in [5.41, 5.74) is 7.22. The van der Waals surface area contributed by atoms with E-state index >= 15 is 0 Å². The van der Waals surface area contributed by atoms with E-state index in [2.05, 4.69) is 20.2 Å². The molecule has 11 heteroatoms. The van der Waals surface area contributed by atoms with Crippen LogP contribution in [0.2, 0.25) is 0 Å². The van der Waals surface area contributed by atoms with Crippen molar-refractivity contribution in [2.45, 2.75) is 4.90 Å². The van der Waals surface area contributed by atoms with Crippen LogP contribution in [0.25, 0.3) is 0 Å². The Balaban J connectivity index is 1.77. The van der Waals surface area contributed by atoms with Crippen molar-refractivity contribution in [1.29, 1.82) is 0 Å². The van der Waals surface area contributed by atoms with Gasteiger partial charge in [-0.25, -0.2) is 8.42 Å². The number of benzene rings is 2. The van der Waals surface area contributed by atoms with Crippen molar-refractivity contribution < 1.29 is 17.9 Å². The van der Waals surface area contributed by atoms with Crippen LogP contribution >= 0.6 is 0 Å². The largest absolute Gasteiger partial charge is 0.496 e. The number of hydrogen-bond donors (Lipinski definition) is 3. The third-order valence-electron chi connectivity index (χ3n) is 4.31. The molecule has 0 fully saturated rings. The minimum Gasteiger partial charge on any atom is -0.496 e. The maximum absolute atomic E-state index is 12.7. The lowest BCUT2D eigenvalue weighted by Gasteiger charge is -2.13. The Labute approximate surface area is 180 Å². The van der Waals surface area contributed by atoms with Gasteiger partial charge in [0.05, 0.1) is 29.5 Å². The second-order valence-corrected chi connectivity index (χ2v) is 8.41. The first-order chi connectivity index (χ1) is 14.7. The lowest BCUT2D eigenvalue weighted by molar-refractivity contribution is 0.0997. The van der Waals surface area contributed by atoms with Crippen LogP contribution in [0.15, 0.2) is 59.6 Å². The second kappa shape index (κ2) is 8.88.